The zero-order valence-electron chi connectivity index (χ0n) is 12.7. The second kappa shape index (κ2) is 7.11. The zero-order valence-corrected chi connectivity index (χ0v) is 12.7. The SMILES string of the molecule is Cc1cccc(CCNCc2ccc(N(C)C)cc2)c1. The van der Waals surface area contributed by atoms with Crippen LogP contribution in [0.4, 0.5) is 5.69 Å². The van der Waals surface area contributed by atoms with Crippen molar-refractivity contribution in [2.45, 2.75) is 19.9 Å². The highest BCUT2D eigenvalue weighted by Crippen LogP contribution is 2.12. The molecule has 0 heterocycles. The molecule has 106 valence electrons. The first-order valence-electron chi connectivity index (χ1n) is 7.17. The maximum absolute atomic E-state index is 3.50. The lowest BCUT2D eigenvalue weighted by Crippen LogP contribution is -2.16. The Labute approximate surface area is 122 Å². The van der Waals surface area contributed by atoms with Crippen molar-refractivity contribution in [3.8, 4) is 0 Å². The van der Waals surface area contributed by atoms with Crippen LogP contribution in [0.15, 0.2) is 48.5 Å². The van der Waals surface area contributed by atoms with Crippen molar-refractivity contribution in [2.24, 2.45) is 0 Å². The molecule has 0 aliphatic heterocycles. The number of benzene rings is 2. The molecule has 0 aromatic heterocycles. The summed E-state index contributed by atoms with van der Waals surface area (Å²) in [5.74, 6) is 0. The molecule has 0 radical (unpaired) electrons. The summed E-state index contributed by atoms with van der Waals surface area (Å²) in [6.07, 6.45) is 1.08. The lowest BCUT2D eigenvalue weighted by atomic mass is 10.1. The van der Waals surface area contributed by atoms with Crippen LogP contribution >= 0.6 is 0 Å². The first kappa shape index (κ1) is 14.6. The van der Waals surface area contributed by atoms with Crippen LogP contribution in [0.3, 0.4) is 0 Å². The summed E-state index contributed by atoms with van der Waals surface area (Å²) < 4.78 is 0. The highest BCUT2D eigenvalue weighted by Gasteiger charge is 1.97. The van der Waals surface area contributed by atoms with Crippen LogP contribution in [0.5, 0.6) is 0 Å². The van der Waals surface area contributed by atoms with E-state index in [1.165, 1.54) is 22.4 Å². The molecule has 1 N–H and O–H groups in total. The van der Waals surface area contributed by atoms with E-state index < -0.39 is 0 Å². The Morgan fingerprint density at radius 1 is 0.950 bits per heavy atom. The molecule has 2 aromatic carbocycles. The van der Waals surface area contributed by atoms with Gasteiger partial charge in [0.05, 0.1) is 0 Å². The number of nitrogens with one attached hydrogen (secondary N) is 1. The van der Waals surface area contributed by atoms with Crippen LogP contribution in [0.25, 0.3) is 0 Å². The van der Waals surface area contributed by atoms with Crippen LogP contribution in [0.2, 0.25) is 0 Å². The summed E-state index contributed by atoms with van der Waals surface area (Å²) in [5.41, 5.74) is 5.32. The Kier molecular flexibility index (Phi) is 5.19. The smallest absolute Gasteiger partial charge is 0.0361 e. The van der Waals surface area contributed by atoms with Gasteiger partial charge in [-0.3, -0.25) is 0 Å². The molecule has 0 fully saturated rings. The molecule has 0 spiro atoms. The highest BCUT2D eigenvalue weighted by atomic mass is 15.1. The van der Waals surface area contributed by atoms with Gasteiger partial charge in [-0.1, -0.05) is 42.0 Å². The van der Waals surface area contributed by atoms with Gasteiger partial charge in [-0.25, -0.2) is 0 Å². The Bertz CT molecular complexity index is 529. The lowest BCUT2D eigenvalue weighted by molar-refractivity contribution is 0.687. The quantitative estimate of drug-likeness (QED) is 0.808. The average Bonchev–Trinajstić information content (AvgIpc) is 2.44. The van der Waals surface area contributed by atoms with Crippen molar-refractivity contribution in [1.29, 1.82) is 0 Å². The van der Waals surface area contributed by atoms with Crippen LogP contribution < -0.4 is 10.2 Å². The standard InChI is InChI=1S/C18H24N2/c1-15-5-4-6-16(13-15)11-12-19-14-17-7-9-18(10-8-17)20(2)3/h4-10,13,19H,11-12,14H2,1-3H3. The molecule has 0 saturated heterocycles. The van der Waals surface area contributed by atoms with Gasteiger partial charge in [0.25, 0.3) is 0 Å². The van der Waals surface area contributed by atoms with Crippen molar-refractivity contribution >= 4 is 5.69 Å². The molecular weight excluding hydrogens is 244 g/mol. The fraction of sp³-hybridized carbons (Fsp3) is 0.333. The molecule has 0 atom stereocenters. The van der Waals surface area contributed by atoms with Gasteiger partial charge in [0.1, 0.15) is 0 Å². The van der Waals surface area contributed by atoms with Crippen molar-refractivity contribution in [3.05, 3.63) is 65.2 Å². The van der Waals surface area contributed by atoms with E-state index in [2.05, 4.69) is 79.8 Å². The van der Waals surface area contributed by atoms with Crippen LogP contribution in [-0.2, 0) is 13.0 Å². The molecule has 2 aromatic rings. The number of rotatable bonds is 6. The summed E-state index contributed by atoms with van der Waals surface area (Å²) in [6.45, 7) is 4.08. The van der Waals surface area contributed by atoms with E-state index in [-0.39, 0.29) is 0 Å². The molecule has 0 aliphatic rings. The molecular formula is C18H24N2. The fourth-order valence-corrected chi connectivity index (χ4v) is 2.25. The molecule has 2 heteroatoms. The van der Waals surface area contributed by atoms with Gasteiger partial charge in [-0.15, -0.1) is 0 Å². The normalized spacial score (nSPS) is 10.6. The van der Waals surface area contributed by atoms with Crippen LogP contribution in [0, 0.1) is 6.92 Å². The maximum atomic E-state index is 3.50. The molecule has 0 bridgehead atoms. The maximum Gasteiger partial charge on any atom is 0.0361 e. The highest BCUT2D eigenvalue weighted by molar-refractivity contribution is 5.45. The Morgan fingerprint density at radius 3 is 2.35 bits per heavy atom. The molecule has 0 saturated carbocycles. The van der Waals surface area contributed by atoms with Gasteiger partial charge in [0.15, 0.2) is 0 Å². The first-order valence-corrected chi connectivity index (χ1v) is 7.17. The van der Waals surface area contributed by atoms with Crippen molar-refractivity contribution in [2.75, 3.05) is 25.5 Å². The minimum absolute atomic E-state index is 0.930. The van der Waals surface area contributed by atoms with E-state index in [0.29, 0.717) is 0 Å². The van der Waals surface area contributed by atoms with Crippen LogP contribution in [-0.4, -0.2) is 20.6 Å². The minimum Gasteiger partial charge on any atom is -0.378 e. The van der Waals surface area contributed by atoms with Crippen molar-refractivity contribution in [3.63, 3.8) is 0 Å². The summed E-state index contributed by atoms with van der Waals surface area (Å²) in [6, 6.07) is 17.4. The van der Waals surface area contributed by atoms with Crippen molar-refractivity contribution < 1.29 is 0 Å². The summed E-state index contributed by atoms with van der Waals surface area (Å²) in [4.78, 5) is 2.12. The van der Waals surface area contributed by atoms with E-state index in [1.807, 2.05) is 0 Å². The summed E-state index contributed by atoms with van der Waals surface area (Å²) in [5, 5.41) is 3.50. The van der Waals surface area contributed by atoms with E-state index in [4.69, 9.17) is 0 Å². The average molecular weight is 268 g/mol. The van der Waals surface area contributed by atoms with Crippen molar-refractivity contribution in [1.82, 2.24) is 5.32 Å². The molecule has 0 unspecified atom stereocenters. The van der Waals surface area contributed by atoms with Crippen LogP contribution in [0.1, 0.15) is 16.7 Å². The number of aryl methyl sites for hydroxylation is 1. The third-order valence-corrected chi connectivity index (χ3v) is 3.45. The molecule has 2 rings (SSSR count). The monoisotopic (exact) mass is 268 g/mol. The molecule has 20 heavy (non-hydrogen) atoms. The second-order valence-electron chi connectivity index (χ2n) is 5.48. The Hall–Kier alpha value is -1.80. The van der Waals surface area contributed by atoms with E-state index in [9.17, 15) is 0 Å². The Balaban J connectivity index is 1.75. The van der Waals surface area contributed by atoms with E-state index in [0.717, 1.165) is 19.5 Å². The lowest BCUT2D eigenvalue weighted by Gasteiger charge is -2.13. The number of nitrogens with zero attached hydrogens (tertiary/aromatic N) is 1. The predicted octanol–water partition coefficient (Wildman–Crippen LogP) is 3.39. The third-order valence-electron chi connectivity index (χ3n) is 3.45. The second-order valence-corrected chi connectivity index (χ2v) is 5.48. The van der Waals surface area contributed by atoms with Gasteiger partial charge < -0.3 is 10.2 Å². The molecule has 2 nitrogen and oxygen atoms in total. The Morgan fingerprint density at radius 2 is 1.70 bits per heavy atom. The van der Waals surface area contributed by atoms with Gasteiger partial charge >= 0.3 is 0 Å². The summed E-state index contributed by atoms with van der Waals surface area (Å²) >= 11 is 0. The fourth-order valence-electron chi connectivity index (χ4n) is 2.25. The van der Waals surface area contributed by atoms with Gasteiger partial charge in [0, 0.05) is 26.3 Å². The van der Waals surface area contributed by atoms with E-state index in [1.54, 1.807) is 0 Å². The number of hydrogen-bond acceptors (Lipinski definition) is 2. The first-order chi connectivity index (χ1) is 9.65. The largest absolute Gasteiger partial charge is 0.378 e. The summed E-state index contributed by atoms with van der Waals surface area (Å²) in [7, 11) is 4.13. The molecule has 0 aliphatic carbocycles. The van der Waals surface area contributed by atoms with Gasteiger partial charge in [0.2, 0.25) is 0 Å². The zero-order chi connectivity index (χ0) is 14.4. The third kappa shape index (κ3) is 4.39. The topological polar surface area (TPSA) is 15.3 Å². The predicted molar refractivity (Wildman–Crippen MR) is 87.4 cm³/mol. The number of hydrogen-bond donors (Lipinski definition) is 1. The van der Waals surface area contributed by atoms with E-state index >= 15 is 0 Å². The van der Waals surface area contributed by atoms with Gasteiger partial charge in [-0.2, -0.15) is 0 Å². The number of anilines is 1. The van der Waals surface area contributed by atoms with Gasteiger partial charge in [-0.05, 0) is 43.1 Å². The molecule has 0 amide bonds. The minimum atomic E-state index is 0.930.